The highest BCUT2D eigenvalue weighted by Gasteiger charge is 2.23. The maximum Gasteiger partial charge on any atom is 0.240 e. The minimum absolute atomic E-state index is 0.0653. The standard InChI is InChI=1S/C19H29BrN2O2/c1-14-11-15(2)13-22(12-14)9-10-24-17-7-5-16(6-8-17)21-18(23)19(3,4)20/h5-8,14-15H,9-13H2,1-4H3,(H,21,23)/t14-,15-/m1/s1. The third kappa shape index (κ3) is 6.10. The largest absolute Gasteiger partial charge is 0.492 e. The number of amides is 1. The van der Waals surface area contributed by atoms with Crippen LogP contribution in [0.3, 0.4) is 0 Å². The van der Waals surface area contributed by atoms with E-state index in [4.69, 9.17) is 4.74 Å². The molecule has 2 atom stereocenters. The summed E-state index contributed by atoms with van der Waals surface area (Å²) in [6.07, 6.45) is 1.33. The van der Waals surface area contributed by atoms with E-state index >= 15 is 0 Å². The van der Waals surface area contributed by atoms with Gasteiger partial charge < -0.3 is 10.1 Å². The summed E-state index contributed by atoms with van der Waals surface area (Å²) in [5, 5.41) is 2.88. The fourth-order valence-electron chi connectivity index (χ4n) is 3.18. The zero-order valence-corrected chi connectivity index (χ0v) is 16.7. The molecule has 0 unspecified atom stereocenters. The summed E-state index contributed by atoms with van der Waals surface area (Å²) in [4.78, 5) is 14.4. The fourth-order valence-corrected chi connectivity index (χ4v) is 3.28. The molecule has 1 aliphatic heterocycles. The van der Waals surface area contributed by atoms with Crippen LogP contribution in [0.5, 0.6) is 5.75 Å². The fraction of sp³-hybridized carbons (Fsp3) is 0.632. The lowest BCUT2D eigenvalue weighted by atomic mass is 9.92. The number of halogens is 1. The number of benzene rings is 1. The first-order valence-electron chi connectivity index (χ1n) is 8.69. The van der Waals surface area contributed by atoms with Gasteiger partial charge in [0, 0.05) is 25.3 Å². The zero-order valence-electron chi connectivity index (χ0n) is 15.1. The van der Waals surface area contributed by atoms with Crippen LogP contribution in [-0.2, 0) is 4.79 Å². The Morgan fingerprint density at radius 2 is 1.83 bits per heavy atom. The van der Waals surface area contributed by atoms with Crippen LogP contribution in [0.1, 0.15) is 34.1 Å². The van der Waals surface area contributed by atoms with Gasteiger partial charge in [-0.15, -0.1) is 0 Å². The van der Waals surface area contributed by atoms with Crippen molar-refractivity contribution in [1.29, 1.82) is 0 Å². The lowest BCUT2D eigenvalue weighted by Gasteiger charge is -2.34. The van der Waals surface area contributed by atoms with Crippen molar-refractivity contribution in [3.8, 4) is 5.75 Å². The number of carbonyl (C=O) groups excluding carboxylic acids is 1. The molecule has 0 aliphatic carbocycles. The smallest absolute Gasteiger partial charge is 0.240 e. The molecule has 2 rings (SSSR count). The number of likely N-dealkylation sites (tertiary alicyclic amines) is 1. The molecule has 0 radical (unpaired) electrons. The highest BCUT2D eigenvalue weighted by molar-refractivity contribution is 9.10. The number of rotatable bonds is 6. The van der Waals surface area contributed by atoms with Crippen LogP contribution in [0.4, 0.5) is 5.69 Å². The van der Waals surface area contributed by atoms with Crippen molar-refractivity contribution in [1.82, 2.24) is 4.90 Å². The molecule has 5 heteroatoms. The van der Waals surface area contributed by atoms with E-state index in [-0.39, 0.29) is 5.91 Å². The number of carbonyl (C=O) groups is 1. The number of alkyl halides is 1. The molecule has 134 valence electrons. The molecule has 0 saturated carbocycles. The van der Waals surface area contributed by atoms with Gasteiger partial charge in [0.05, 0.1) is 4.32 Å². The van der Waals surface area contributed by atoms with Gasteiger partial charge in [0.2, 0.25) is 5.91 Å². The van der Waals surface area contributed by atoms with Gasteiger partial charge in [-0.25, -0.2) is 0 Å². The maximum atomic E-state index is 11.9. The monoisotopic (exact) mass is 396 g/mol. The van der Waals surface area contributed by atoms with E-state index < -0.39 is 4.32 Å². The summed E-state index contributed by atoms with van der Waals surface area (Å²) in [7, 11) is 0. The van der Waals surface area contributed by atoms with Crippen molar-refractivity contribution >= 4 is 27.5 Å². The number of anilines is 1. The van der Waals surface area contributed by atoms with E-state index in [1.807, 2.05) is 38.1 Å². The summed E-state index contributed by atoms with van der Waals surface area (Å²) < 4.78 is 5.26. The molecule has 0 spiro atoms. The molecule has 1 amide bonds. The van der Waals surface area contributed by atoms with Gasteiger partial charge in [0.1, 0.15) is 12.4 Å². The molecule has 1 N–H and O–H groups in total. The van der Waals surface area contributed by atoms with Crippen LogP contribution in [0, 0.1) is 11.8 Å². The number of piperidine rings is 1. The molecule has 1 aliphatic rings. The molecule has 1 heterocycles. The Balaban J connectivity index is 1.77. The Labute approximate surface area is 154 Å². The SMILES string of the molecule is C[C@@H]1C[C@@H](C)CN(CCOc2ccc(NC(=O)C(C)(C)Br)cc2)C1. The molecule has 1 aromatic rings. The van der Waals surface area contributed by atoms with E-state index in [1.165, 1.54) is 19.5 Å². The first kappa shape index (κ1) is 19.3. The Bertz CT molecular complexity index is 529. The summed E-state index contributed by atoms with van der Waals surface area (Å²) >= 11 is 3.35. The van der Waals surface area contributed by atoms with Gasteiger partial charge >= 0.3 is 0 Å². The Morgan fingerprint density at radius 1 is 1.25 bits per heavy atom. The molecular formula is C19H29BrN2O2. The van der Waals surface area contributed by atoms with Gasteiger partial charge in [-0.2, -0.15) is 0 Å². The minimum Gasteiger partial charge on any atom is -0.492 e. The summed E-state index contributed by atoms with van der Waals surface area (Å²) in [6, 6.07) is 7.55. The average molecular weight is 397 g/mol. The first-order chi connectivity index (χ1) is 11.2. The summed E-state index contributed by atoms with van der Waals surface area (Å²) in [5.41, 5.74) is 0.776. The van der Waals surface area contributed by atoms with E-state index in [9.17, 15) is 4.79 Å². The molecule has 0 bridgehead atoms. The molecule has 4 nitrogen and oxygen atoms in total. The highest BCUT2D eigenvalue weighted by atomic mass is 79.9. The number of nitrogens with zero attached hydrogens (tertiary/aromatic N) is 1. The van der Waals surface area contributed by atoms with Crippen LogP contribution >= 0.6 is 15.9 Å². The van der Waals surface area contributed by atoms with Gasteiger partial charge in [-0.1, -0.05) is 29.8 Å². The normalized spacial score (nSPS) is 22.2. The number of nitrogens with one attached hydrogen (secondary N) is 1. The van der Waals surface area contributed by atoms with Crippen molar-refractivity contribution < 1.29 is 9.53 Å². The van der Waals surface area contributed by atoms with Crippen molar-refractivity contribution in [3.63, 3.8) is 0 Å². The molecule has 0 aromatic heterocycles. The molecular weight excluding hydrogens is 368 g/mol. The zero-order chi connectivity index (χ0) is 17.7. The van der Waals surface area contributed by atoms with Crippen LogP contribution < -0.4 is 10.1 Å². The van der Waals surface area contributed by atoms with Crippen molar-refractivity contribution in [2.45, 2.75) is 38.4 Å². The van der Waals surface area contributed by atoms with Crippen LogP contribution in [0.25, 0.3) is 0 Å². The van der Waals surface area contributed by atoms with Crippen molar-refractivity contribution in [3.05, 3.63) is 24.3 Å². The van der Waals surface area contributed by atoms with Crippen LogP contribution in [-0.4, -0.2) is 41.4 Å². The van der Waals surface area contributed by atoms with E-state index in [0.29, 0.717) is 6.61 Å². The highest BCUT2D eigenvalue weighted by Crippen LogP contribution is 2.22. The summed E-state index contributed by atoms with van der Waals surface area (Å²) in [5.74, 6) is 2.32. The quantitative estimate of drug-likeness (QED) is 0.734. The second-order valence-electron chi connectivity index (χ2n) is 7.51. The average Bonchev–Trinajstić information content (AvgIpc) is 2.47. The topological polar surface area (TPSA) is 41.6 Å². The Hall–Kier alpha value is -1.07. The van der Waals surface area contributed by atoms with Crippen molar-refractivity contribution in [2.75, 3.05) is 31.6 Å². The predicted octanol–water partition coefficient (Wildman–Crippen LogP) is 4.16. The predicted molar refractivity (Wildman–Crippen MR) is 103 cm³/mol. The lowest BCUT2D eigenvalue weighted by molar-refractivity contribution is -0.117. The molecule has 24 heavy (non-hydrogen) atoms. The number of hydrogen-bond donors (Lipinski definition) is 1. The second-order valence-corrected chi connectivity index (χ2v) is 9.49. The molecule has 1 fully saturated rings. The second kappa shape index (κ2) is 8.34. The Kier molecular flexibility index (Phi) is 6.70. The lowest BCUT2D eigenvalue weighted by Crippen LogP contribution is -2.40. The van der Waals surface area contributed by atoms with E-state index in [0.717, 1.165) is 29.8 Å². The third-order valence-corrected chi connectivity index (χ3v) is 4.63. The number of hydrogen-bond acceptors (Lipinski definition) is 3. The van der Waals surface area contributed by atoms with Gasteiger partial charge in [0.15, 0.2) is 0 Å². The van der Waals surface area contributed by atoms with Crippen LogP contribution in [0.15, 0.2) is 24.3 Å². The molecule has 1 aromatic carbocycles. The third-order valence-electron chi connectivity index (χ3n) is 4.27. The summed E-state index contributed by atoms with van der Waals surface area (Å²) in [6.45, 7) is 12.3. The van der Waals surface area contributed by atoms with Gasteiger partial charge in [-0.05, 0) is 56.4 Å². The van der Waals surface area contributed by atoms with Crippen molar-refractivity contribution in [2.24, 2.45) is 11.8 Å². The Morgan fingerprint density at radius 3 is 2.38 bits per heavy atom. The minimum atomic E-state index is -0.578. The number of ether oxygens (including phenoxy) is 1. The molecule has 1 saturated heterocycles. The maximum absolute atomic E-state index is 11.9. The van der Waals surface area contributed by atoms with Gasteiger partial charge in [0.25, 0.3) is 0 Å². The van der Waals surface area contributed by atoms with E-state index in [2.05, 4.69) is 40.0 Å². The first-order valence-corrected chi connectivity index (χ1v) is 9.49. The van der Waals surface area contributed by atoms with Gasteiger partial charge in [-0.3, -0.25) is 9.69 Å². The van der Waals surface area contributed by atoms with E-state index in [1.54, 1.807) is 0 Å². The van der Waals surface area contributed by atoms with Crippen LogP contribution in [0.2, 0.25) is 0 Å².